The minimum absolute atomic E-state index is 0.0776. The van der Waals surface area contributed by atoms with Crippen LogP contribution in [0.2, 0.25) is 0 Å². The SMILES string of the molecule is CN(Cc1ccccc1)C(=O)C1CCC2O/C(=C\c3ccccc3)C(=O)NC2C1. The minimum Gasteiger partial charge on any atom is -0.483 e. The highest BCUT2D eigenvalue weighted by atomic mass is 16.5. The van der Waals surface area contributed by atoms with Gasteiger partial charge in [-0.15, -0.1) is 0 Å². The third kappa shape index (κ3) is 4.50. The molecular formula is C24H26N2O3. The monoisotopic (exact) mass is 390 g/mol. The van der Waals surface area contributed by atoms with Crippen LogP contribution in [-0.2, 0) is 20.9 Å². The molecule has 1 saturated carbocycles. The van der Waals surface area contributed by atoms with Crippen LogP contribution >= 0.6 is 0 Å². The van der Waals surface area contributed by atoms with Gasteiger partial charge in [0, 0.05) is 19.5 Å². The molecule has 2 amide bonds. The number of nitrogens with zero attached hydrogens (tertiary/aromatic N) is 1. The molecule has 1 aliphatic carbocycles. The Labute approximate surface area is 171 Å². The number of benzene rings is 2. The molecule has 3 atom stereocenters. The van der Waals surface area contributed by atoms with Crippen molar-refractivity contribution in [2.75, 3.05) is 7.05 Å². The molecule has 5 nitrogen and oxygen atoms in total. The Morgan fingerprint density at radius 2 is 1.79 bits per heavy atom. The Kier molecular flexibility index (Phi) is 5.65. The molecule has 1 N–H and O–H groups in total. The van der Waals surface area contributed by atoms with Gasteiger partial charge in [0.1, 0.15) is 6.10 Å². The zero-order valence-corrected chi connectivity index (χ0v) is 16.6. The van der Waals surface area contributed by atoms with E-state index in [1.54, 1.807) is 11.0 Å². The normalized spacial score (nSPS) is 24.9. The third-order valence-electron chi connectivity index (χ3n) is 5.69. The van der Waals surface area contributed by atoms with Crippen LogP contribution in [0.1, 0.15) is 30.4 Å². The number of carbonyl (C=O) groups excluding carboxylic acids is 2. The fourth-order valence-electron chi connectivity index (χ4n) is 4.16. The molecule has 2 aromatic carbocycles. The van der Waals surface area contributed by atoms with E-state index in [0.29, 0.717) is 18.7 Å². The van der Waals surface area contributed by atoms with E-state index in [-0.39, 0.29) is 29.9 Å². The first-order valence-electron chi connectivity index (χ1n) is 10.1. The second-order valence-corrected chi connectivity index (χ2v) is 7.85. The van der Waals surface area contributed by atoms with Crippen LogP contribution in [0.15, 0.2) is 66.4 Å². The zero-order valence-electron chi connectivity index (χ0n) is 16.6. The van der Waals surface area contributed by atoms with Crippen molar-refractivity contribution >= 4 is 17.9 Å². The van der Waals surface area contributed by atoms with Gasteiger partial charge < -0.3 is 15.0 Å². The molecule has 0 spiro atoms. The summed E-state index contributed by atoms with van der Waals surface area (Å²) in [6.07, 6.45) is 3.84. The molecule has 2 aliphatic rings. The third-order valence-corrected chi connectivity index (χ3v) is 5.69. The van der Waals surface area contributed by atoms with Crippen LogP contribution in [0.5, 0.6) is 0 Å². The summed E-state index contributed by atoms with van der Waals surface area (Å²) < 4.78 is 6.01. The smallest absolute Gasteiger partial charge is 0.286 e. The second-order valence-electron chi connectivity index (χ2n) is 7.85. The number of rotatable bonds is 4. The second kappa shape index (κ2) is 8.52. The summed E-state index contributed by atoms with van der Waals surface area (Å²) in [5.74, 6) is 0.185. The average Bonchev–Trinajstić information content (AvgIpc) is 2.75. The van der Waals surface area contributed by atoms with Gasteiger partial charge in [-0.3, -0.25) is 9.59 Å². The van der Waals surface area contributed by atoms with Crippen molar-refractivity contribution in [1.82, 2.24) is 10.2 Å². The molecule has 0 aromatic heterocycles. The van der Waals surface area contributed by atoms with Crippen molar-refractivity contribution in [1.29, 1.82) is 0 Å². The molecule has 1 heterocycles. The Morgan fingerprint density at radius 3 is 2.52 bits per heavy atom. The number of morpholine rings is 1. The minimum atomic E-state index is -0.208. The fourth-order valence-corrected chi connectivity index (χ4v) is 4.16. The van der Waals surface area contributed by atoms with E-state index in [4.69, 9.17) is 4.74 Å². The van der Waals surface area contributed by atoms with E-state index in [1.807, 2.05) is 67.7 Å². The van der Waals surface area contributed by atoms with Gasteiger partial charge in [-0.2, -0.15) is 0 Å². The van der Waals surface area contributed by atoms with Crippen LogP contribution in [0.3, 0.4) is 0 Å². The van der Waals surface area contributed by atoms with E-state index in [0.717, 1.165) is 24.0 Å². The summed E-state index contributed by atoms with van der Waals surface area (Å²) in [4.78, 5) is 27.2. The molecule has 2 aromatic rings. The van der Waals surface area contributed by atoms with Crippen molar-refractivity contribution in [3.63, 3.8) is 0 Å². The van der Waals surface area contributed by atoms with Gasteiger partial charge in [0.2, 0.25) is 5.91 Å². The molecule has 2 fully saturated rings. The lowest BCUT2D eigenvalue weighted by Crippen LogP contribution is -2.54. The van der Waals surface area contributed by atoms with Crippen molar-refractivity contribution in [3.05, 3.63) is 77.5 Å². The van der Waals surface area contributed by atoms with Gasteiger partial charge in [0.25, 0.3) is 5.91 Å². The quantitative estimate of drug-likeness (QED) is 0.815. The zero-order chi connectivity index (χ0) is 20.2. The molecule has 29 heavy (non-hydrogen) atoms. The number of amides is 2. The fraction of sp³-hybridized carbons (Fsp3) is 0.333. The van der Waals surface area contributed by atoms with Gasteiger partial charge in [-0.05, 0) is 36.5 Å². The van der Waals surface area contributed by atoms with E-state index >= 15 is 0 Å². The number of hydrogen-bond donors (Lipinski definition) is 1. The van der Waals surface area contributed by atoms with E-state index in [9.17, 15) is 9.59 Å². The average molecular weight is 390 g/mol. The van der Waals surface area contributed by atoms with Crippen molar-refractivity contribution in [2.45, 2.75) is 38.0 Å². The van der Waals surface area contributed by atoms with E-state index < -0.39 is 0 Å². The van der Waals surface area contributed by atoms with Crippen LogP contribution in [-0.4, -0.2) is 35.9 Å². The maximum absolute atomic E-state index is 12.9. The van der Waals surface area contributed by atoms with Gasteiger partial charge in [-0.25, -0.2) is 0 Å². The standard InChI is InChI=1S/C24H26N2O3/c1-26(16-18-10-6-3-7-11-18)24(28)19-12-13-21-20(15-19)25-23(27)22(29-21)14-17-8-4-2-5-9-17/h2-11,14,19-21H,12-13,15-16H2,1H3,(H,25,27)/b22-14-. The van der Waals surface area contributed by atoms with Crippen LogP contribution in [0, 0.1) is 5.92 Å². The summed E-state index contributed by atoms with van der Waals surface area (Å²) >= 11 is 0. The summed E-state index contributed by atoms with van der Waals surface area (Å²) in [6.45, 7) is 0.594. The molecule has 1 saturated heterocycles. The maximum atomic E-state index is 12.9. The first-order valence-corrected chi connectivity index (χ1v) is 10.1. The highest BCUT2D eigenvalue weighted by Crippen LogP contribution is 2.32. The molecule has 1 aliphatic heterocycles. The highest BCUT2D eigenvalue weighted by Gasteiger charge is 2.41. The van der Waals surface area contributed by atoms with Gasteiger partial charge in [-0.1, -0.05) is 60.7 Å². The first kappa shape index (κ1) is 19.2. The summed E-state index contributed by atoms with van der Waals surface area (Å²) in [5.41, 5.74) is 2.05. The Morgan fingerprint density at radius 1 is 1.10 bits per heavy atom. The predicted molar refractivity (Wildman–Crippen MR) is 111 cm³/mol. The molecule has 0 radical (unpaired) electrons. The lowest BCUT2D eigenvalue weighted by atomic mass is 9.82. The maximum Gasteiger partial charge on any atom is 0.286 e. The lowest BCUT2D eigenvalue weighted by molar-refractivity contribution is -0.140. The van der Waals surface area contributed by atoms with Crippen LogP contribution in [0.25, 0.3) is 6.08 Å². The number of hydrogen-bond acceptors (Lipinski definition) is 3. The van der Waals surface area contributed by atoms with Gasteiger partial charge >= 0.3 is 0 Å². The van der Waals surface area contributed by atoms with Crippen LogP contribution in [0.4, 0.5) is 0 Å². The van der Waals surface area contributed by atoms with Crippen molar-refractivity contribution in [3.8, 4) is 0 Å². The summed E-state index contributed by atoms with van der Waals surface area (Å²) in [6, 6.07) is 19.5. The van der Waals surface area contributed by atoms with Crippen molar-refractivity contribution in [2.24, 2.45) is 5.92 Å². The first-order chi connectivity index (χ1) is 14.1. The largest absolute Gasteiger partial charge is 0.483 e. The number of carbonyl (C=O) groups is 2. The van der Waals surface area contributed by atoms with Crippen molar-refractivity contribution < 1.29 is 14.3 Å². The molecule has 150 valence electrons. The van der Waals surface area contributed by atoms with Gasteiger partial charge in [0.05, 0.1) is 6.04 Å². The topological polar surface area (TPSA) is 58.6 Å². The Bertz CT molecular complexity index is 895. The van der Waals surface area contributed by atoms with Crippen LogP contribution < -0.4 is 5.32 Å². The van der Waals surface area contributed by atoms with E-state index in [2.05, 4.69) is 5.32 Å². The Balaban J connectivity index is 1.38. The molecule has 4 rings (SSSR count). The number of nitrogens with one attached hydrogen (secondary N) is 1. The predicted octanol–water partition coefficient (Wildman–Crippen LogP) is 3.37. The van der Waals surface area contributed by atoms with E-state index in [1.165, 1.54) is 0 Å². The lowest BCUT2D eigenvalue weighted by Gasteiger charge is -2.40. The molecular weight excluding hydrogens is 364 g/mol. The number of fused-ring (bicyclic) bond motifs is 1. The summed E-state index contributed by atoms with van der Waals surface area (Å²) in [5, 5.41) is 3.06. The molecule has 5 heteroatoms. The number of ether oxygens (including phenoxy) is 1. The summed E-state index contributed by atoms with van der Waals surface area (Å²) in [7, 11) is 1.85. The molecule has 3 unspecified atom stereocenters. The van der Waals surface area contributed by atoms with Gasteiger partial charge in [0.15, 0.2) is 5.76 Å². The molecule has 0 bridgehead atoms. The Hall–Kier alpha value is -3.08. The highest BCUT2D eigenvalue weighted by molar-refractivity contribution is 5.96.